The molecular weight excluding hydrogens is 749 g/mol. The Morgan fingerprint density at radius 1 is 0.600 bits per heavy atom. The summed E-state index contributed by atoms with van der Waals surface area (Å²) in [6, 6.07) is 66.5. The maximum atomic E-state index is 7.01. The number of benzene rings is 7. The summed E-state index contributed by atoms with van der Waals surface area (Å²) in [6.07, 6.45) is 9.01. The molecule has 3 aliphatic carbocycles. The Morgan fingerprint density at radius 3 is 2.00 bits per heavy atom. The first-order valence-electron chi connectivity index (χ1n) is 21.1. The van der Waals surface area contributed by atoms with Crippen molar-refractivity contribution in [2.45, 2.75) is 41.0 Å². The second-order valence-corrected chi connectivity index (χ2v) is 17.5. The summed E-state index contributed by atoms with van der Waals surface area (Å²) < 4.78 is 7.01. The van der Waals surface area contributed by atoms with Gasteiger partial charge in [0.1, 0.15) is 5.58 Å². The molecule has 4 aliphatic rings. The number of rotatable bonds is 6. The van der Waals surface area contributed by atoms with Crippen molar-refractivity contribution in [1.82, 2.24) is 0 Å². The number of hydrogen-bond donors (Lipinski definition) is 0. The average molecular weight is 791 g/mol. The van der Waals surface area contributed by atoms with Crippen molar-refractivity contribution in [3.63, 3.8) is 0 Å². The zero-order valence-electron chi connectivity index (χ0n) is 33.3. The van der Waals surface area contributed by atoms with E-state index < -0.39 is 0 Å². The fraction of sp³-hybridized carbons (Fsp3) is 0.107. The highest BCUT2D eigenvalue weighted by molar-refractivity contribution is 7.99. The highest BCUT2D eigenvalue weighted by atomic mass is 32.2. The van der Waals surface area contributed by atoms with Crippen LogP contribution in [-0.2, 0) is 5.41 Å². The van der Waals surface area contributed by atoms with Crippen molar-refractivity contribution in [2.24, 2.45) is 5.92 Å². The van der Waals surface area contributed by atoms with E-state index in [0.29, 0.717) is 5.92 Å². The first-order valence-corrected chi connectivity index (χ1v) is 21.9. The summed E-state index contributed by atoms with van der Waals surface area (Å²) in [7, 11) is 0. The molecule has 3 unspecified atom stereocenters. The monoisotopic (exact) mass is 790 g/mol. The minimum absolute atomic E-state index is 0.125. The van der Waals surface area contributed by atoms with Gasteiger partial charge in [-0.1, -0.05) is 158 Å². The summed E-state index contributed by atoms with van der Waals surface area (Å²) in [5, 5.41) is 2.29. The molecule has 0 saturated carbocycles. The van der Waals surface area contributed by atoms with Crippen molar-refractivity contribution in [3.05, 3.63) is 233 Å². The van der Waals surface area contributed by atoms with E-state index in [4.69, 9.17) is 4.42 Å². The number of anilines is 4. The van der Waals surface area contributed by atoms with E-state index in [1.54, 1.807) is 0 Å². The van der Waals surface area contributed by atoms with Crippen LogP contribution in [0.3, 0.4) is 0 Å². The zero-order valence-corrected chi connectivity index (χ0v) is 34.1. The van der Waals surface area contributed by atoms with Gasteiger partial charge in [0, 0.05) is 43.1 Å². The molecule has 3 nitrogen and oxygen atoms in total. The van der Waals surface area contributed by atoms with Crippen molar-refractivity contribution >= 4 is 62.8 Å². The highest BCUT2D eigenvalue weighted by Crippen LogP contribution is 2.63. The van der Waals surface area contributed by atoms with Crippen LogP contribution in [0, 0.1) is 5.92 Å². The van der Waals surface area contributed by atoms with Crippen LogP contribution in [0.25, 0.3) is 28.3 Å². The molecule has 1 spiro atoms. The highest BCUT2D eigenvalue weighted by Gasteiger charge is 2.52. The van der Waals surface area contributed by atoms with Crippen LogP contribution in [0.4, 0.5) is 22.7 Å². The molecular formula is C56H42N2OS. The number of allylic oxidation sites excluding steroid dienone is 4. The Labute approximate surface area is 354 Å². The second kappa shape index (κ2) is 13.9. The molecule has 8 aromatic rings. The van der Waals surface area contributed by atoms with Crippen molar-refractivity contribution in [3.8, 4) is 0 Å². The second-order valence-electron chi connectivity index (χ2n) is 16.4. The number of hydrogen-bond acceptors (Lipinski definition) is 4. The van der Waals surface area contributed by atoms with Gasteiger partial charge in [0.15, 0.2) is 5.42 Å². The molecule has 1 aliphatic heterocycles. The van der Waals surface area contributed by atoms with Crippen molar-refractivity contribution in [2.75, 3.05) is 9.80 Å². The van der Waals surface area contributed by atoms with E-state index in [2.05, 4.69) is 217 Å². The van der Waals surface area contributed by atoms with Gasteiger partial charge < -0.3 is 14.2 Å². The molecule has 12 rings (SSSR count). The maximum absolute atomic E-state index is 7.01. The van der Waals surface area contributed by atoms with Crippen LogP contribution >= 0.6 is 11.8 Å². The summed E-state index contributed by atoms with van der Waals surface area (Å²) in [6.45, 7) is 2.36. The predicted molar refractivity (Wildman–Crippen MR) is 249 cm³/mol. The molecule has 0 amide bonds. The minimum Gasteiger partial charge on any atom is -0.454 e. The quantitative estimate of drug-likeness (QED) is 0.167. The van der Waals surface area contributed by atoms with E-state index in [0.717, 1.165) is 62.9 Å². The molecule has 1 aromatic heterocycles. The summed E-state index contributed by atoms with van der Waals surface area (Å²) >= 11 is 1.91. The van der Waals surface area contributed by atoms with E-state index in [-0.39, 0.29) is 11.5 Å². The number of nitrogens with zero attached hydrogens (tertiary/aromatic N) is 2. The van der Waals surface area contributed by atoms with Crippen LogP contribution in [0.15, 0.2) is 214 Å². The summed E-state index contributed by atoms with van der Waals surface area (Å²) in [4.78, 5) is 7.61. The van der Waals surface area contributed by atoms with E-state index in [9.17, 15) is 0 Å². The Hall–Kier alpha value is -6.75. The number of fused-ring (bicyclic) bond motifs is 11. The van der Waals surface area contributed by atoms with Gasteiger partial charge in [-0.15, -0.1) is 0 Å². The van der Waals surface area contributed by atoms with E-state index >= 15 is 0 Å². The zero-order chi connectivity index (χ0) is 39.8. The Kier molecular flexibility index (Phi) is 8.18. The Balaban J connectivity index is 1.12. The molecule has 7 aromatic carbocycles. The molecule has 0 N–H and O–H groups in total. The molecule has 0 radical (unpaired) electrons. The fourth-order valence-electron chi connectivity index (χ4n) is 10.6. The molecule has 4 heteroatoms. The van der Waals surface area contributed by atoms with Gasteiger partial charge in [0.2, 0.25) is 0 Å². The van der Waals surface area contributed by atoms with Gasteiger partial charge in [-0.2, -0.15) is 0 Å². The first kappa shape index (κ1) is 35.2. The summed E-state index contributed by atoms with van der Waals surface area (Å²) in [5.41, 5.74) is 15.4. The lowest BCUT2D eigenvalue weighted by Gasteiger charge is -2.43. The van der Waals surface area contributed by atoms with Crippen LogP contribution in [0.2, 0.25) is 0 Å². The lowest BCUT2D eigenvalue weighted by atomic mass is 9.64. The SMILES string of the molecule is CC1C=CC2=C(C1)C1(c3ccccc3Sc3cc(N(c4ccccc4)C4CC=c5c(oc6ccccc56)=C4N(c4ccccc4)c4ccccc4)ccc31)c1ccccc12. The topological polar surface area (TPSA) is 19.6 Å². The molecule has 0 saturated heterocycles. The largest absolute Gasteiger partial charge is 0.454 e. The van der Waals surface area contributed by atoms with Crippen molar-refractivity contribution in [1.29, 1.82) is 0 Å². The van der Waals surface area contributed by atoms with Crippen LogP contribution < -0.4 is 20.4 Å². The molecule has 60 heavy (non-hydrogen) atoms. The third kappa shape index (κ3) is 5.23. The molecule has 3 atom stereocenters. The summed E-state index contributed by atoms with van der Waals surface area (Å²) in [5.74, 6) is 0.463. The smallest absolute Gasteiger partial charge is 0.157 e. The first-order chi connectivity index (χ1) is 29.7. The van der Waals surface area contributed by atoms with Gasteiger partial charge in [-0.05, 0) is 113 Å². The molecule has 0 fully saturated rings. The van der Waals surface area contributed by atoms with Crippen LogP contribution in [-0.4, -0.2) is 6.04 Å². The van der Waals surface area contributed by atoms with Gasteiger partial charge in [-0.25, -0.2) is 0 Å². The third-order valence-electron chi connectivity index (χ3n) is 13.0. The number of para-hydroxylation sites is 4. The van der Waals surface area contributed by atoms with Gasteiger partial charge >= 0.3 is 0 Å². The lowest BCUT2D eigenvalue weighted by molar-refractivity contribution is 0.560. The normalized spacial score (nSPS) is 19.6. The van der Waals surface area contributed by atoms with E-state index in [1.807, 2.05) is 11.8 Å². The molecule has 288 valence electrons. The van der Waals surface area contributed by atoms with Crippen LogP contribution in [0.1, 0.15) is 42.0 Å². The van der Waals surface area contributed by atoms with Crippen LogP contribution in [0.5, 0.6) is 0 Å². The van der Waals surface area contributed by atoms with E-state index in [1.165, 1.54) is 43.2 Å². The van der Waals surface area contributed by atoms with Gasteiger partial charge in [-0.3, -0.25) is 0 Å². The molecule has 0 bridgehead atoms. The predicted octanol–water partition coefficient (Wildman–Crippen LogP) is 12.9. The van der Waals surface area contributed by atoms with Gasteiger partial charge in [0.25, 0.3) is 0 Å². The lowest BCUT2D eigenvalue weighted by Crippen LogP contribution is -2.46. The van der Waals surface area contributed by atoms with Crippen molar-refractivity contribution < 1.29 is 4.42 Å². The Bertz CT molecular complexity index is 3130. The standard InChI is InChI=1S/C56H42N2OS/c1-37-29-31-43-42-23-11-13-25-46(42)56(49(43)35-37)47-26-14-16-28-52(47)60-53-36-41(30-33-48(53)56)57(38-17-5-2-6-18-38)50-34-32-45-44-24-12-15-27-51(44)59-55(45)54(50)58(39-19-7-3-8-20-39)40-21-9-4-10-22-40/h2-33,36-37,50H,34-35H2,1H3. The third-order valence-corrected chi connectivity index (χ3v) is 14.2. The number of furan rings is 1. The average Bonchev–Trinajstić information content (AvgIpc) is 3.82. The molecule has 2 heterocycles. The fourth-order valence-corrected chi connectivity index (χ4v) is 11.8. The Morgan fingerprint density at radius 2 is 1.23 bits per heavy atom. The maximum Gasteiger partial charge on any atom is 0.157 e. The minimum atomic E-state index is -0.366. The van der Waals surface area contributed by atoms with Gasteiger partial charge in [0.05, 0.1) is 17.2 Å².